The van der Waals surface area contributed by atoms with Gasteiger partial charge in [0.1, 0.15) is 5.75 Å². The van der Waals surface area contributed by atoms with E-state index in [1.807, 2.05) is 45.0 Å². The van der Waals surface area contributed by atoms with Crippen LogP contribution in [0.15, 0.2) is 36.4 Å². The molecule has 0 aliphatic carbocycles. The number of hydrogen-bond acceptors (Lipinski definition) is 2. The van der Waals surface area contributed by atoms with E-state index < -0.39 is 6.10 Å². The van der Waals surface area contributed by atoms with Crippen LogP contribution >= 0.6 is 11.6 Å². The van der Waals surface area contributed by atoms with E-state index in [1.165, 1.54) is 0 Å². The number of benzene rings is 2. The van der Waals surface area contributed by atoms with Crippen LogP contribution in [-0.4, -0.2) is 12.0 Å². The molecule has 0 saturated heterocycles. The van der Waals surface area contributed by atoms with Crippen LogP contribution in [0.4, 0.5) is 5.69 Å². The van der Waals surface area contributed by atoms with Gasteiger partial charge in [0.15, 0.2) is 6.10 Å². The van der Waals surface area contributed by atoms with E-state index >= 15 is 0 Å². The zero-order chi connectivity index (χ0) is 16.3. The van der Waals surface area contributed by atoms with Crippen molar-refractivity contribution >= 4 is 23.2 Å². The fourth-order valence-corrected chi connectivity index (χ4v) is 2.33. The molecule has 0 bridgehead atoms. The van der Waals surface area contributed by atoms with Gasteiger partial charge in [0.2, 0.25) is 0 Å². The first-order valence-corrected chi connectivity index (χ1v) is 7.56. The van der Waals surface area contributed by atoms with Gasteiger partial charge in [-0.2, -0.15) is 0 Å². The predicted octanol–water partition coefficient (Wildman–Crippen LogP) is 4.67. The van der Waals surface area contributed by atoms with Gasteiger partial charge in [-0.25, -0.2) is 0 Å². The van der Waals surface area contributed by atoms with Crippen LogP contribution in [0, 0.1) is 20.8 Å². The van der Waals surface area contributed by atoms with Crippen LogP contribution in [0.5, 0.6) is 5.75 Å². The molecule has 3 nitrogen and oxygen atoms in total. The Bertz CT molecular complexity index is 697. The summed E-state index contributed by atoms with van der Waals surface area (Å²) in [6.45, 7) is 7.59. The Kier molecular flexibility index (Phi) is 5.09. The Labute approximate surface area is 136 Å². The molecule has 1 amide bonds. The van der Waals surface area contributed by atoms with E-state index in [9.17, 15) is 4.79 Å². The number of carbonyl (C=O) groups excluding carboxylic acids is 1. The van der Waals surface area contributed by atoms with Gasteiger partial charge in [-0.1, -0.05) is 35.4 Å². The van der Waals surface area contributed by atoms with Gasteiger partial charge < -0.3 is 10.1 Å². The maximum Gasteiger partial charge on any atom is 0.265 e. The topological polar surface area (TPSA) is 38.3 Å². The third-order valence-electron chi connectivity index (χ3n) is 3.53. The van der Waals surface area contributed by atoms with Gasteiger partial charge in [0, 0.05) is 10.7 Å². The van der Waals surface area contributed by atoms with Crippen LogP contribution in [0.25, 0.3) is 0 Å². The average Bonchev–Trinajstić information content (AvgIpc) is 2.46. The number of amides is 1. The van der Waals surface area contributed by atoms with Gasteiger partial charge in [0.25, 0.3) is 5.91 Å². The van der Waals surface area contributed by atoms with Crippen molar-refractivity contribution in [1.82, 2.24) is 0 Å². The molecular weight excluding hydrogens is 298 g/mol. The largest absolute Gasteiger partial charge is 0.481 e. The van der Waals surface area contributed by atoms with Gasteiger partial charge >= 0.3 is 0 Å². The molecule has 2 aromatic rings. The summed E-state index contributed by atoms with van der Waals surface area (Å²) in [5.74, 6) is 0.515. The Morgan fingerprint density at radius 2 is 1.91 bits per heavy atom. The molecule has 0 spiro atoms. The van der Waals surface area contributed by atoms with Gasteiger partial charge in [-0.15, -0.1) is 0 Å². The maximum absolute atomic E-state index is 12.3. The molecule has 0 heterocycles. The van der Waals surface area contributed by atoms with Crippen LogP contribution in [0.3, 0.4) is 0 Å². The summed E-state index contributed by atoms with van der Waals surface area (Å²) in [7, 11) is 0. The predicted molar refractivity (Wildman–Crippen MR) is 90.8 cm³/mol. The van der Waals surface area contributed by atoms with Gasteiger partial charge in [0.05, 0.1) is 0 Å². The van der Waals surface area contributed by atoms with Crippen LogP contribution in [0.2, 0.25) is 5.02 Å². The molecule has 0 fully saturated rings. The fourth-order valence-electron chi connectivity index (χ4n) is 2.15. The van der Waals surface area contributed by atoms with Gasteiger partial charge in [-0.05, 0) is 57.0 Å². The lowest BCUT2D eigenvalue weighted by molar-refractivity contribution is -0.122. The highest BCUT2D eigenvalue weighted by molar-refractivity contribution is 6.31. The van der Waals surface area contributed by atoms with Gasteiger partial charge in [-0.3, -0.25) is 4.79 Å². The summed E-state index contributed by atoms with van der Waals surface area (Å²) in [6, 6.07) is 11.3. The second kappa shape index (κ2) is 6.84. The number of rotatable bonds is 4. The Hall–Kier alpha value is -2.00. The highest BCUT2D eigenvalue weighted by Crippen LogP contribution is 2.24. The van der Waals surface area contributed by atoms with Crippen molar-refractivity contribution in [2.45, 2.75) is 33.8 Å². The Balaban J connectivity index is 2.07. The minimum atomic E-state index is -0.597. The number of halogens is 1. The Morgan fingerprint density at radius 3 is 2.59 bits per heavy atom. The first-order chi connectivity index (χ1) is 10.4. The third kappa shape index (κ3) is 3.80. The first-order valence-electron chi connectivity index (χ1n) is 7.18. The molecule has 22 heavy (non-hydrogen) atoms. The molecule has 1 N–H and O–H groups in total. The number of anilines is 1. The second-order valence-electron chi connectivity index (χ2n) is 5.43. The van der Waals surface area contributed by atoms with Crippen molar-refractivity contribution in [2.75, 3.05) is 5.32 Å². The summed E-state index contributed by atoms with van der Waals surface area (Å²) in [5.41, 5.74) is 3.72. The van der Waals surface area contributed by atoms with Crippen LogP contribution in [-0.2, 0) is 4.79 Å². The fraction of sp³-hybridized carbons (Fsp3) is 0.278. The molecule has 116 valence electrons. The van der Waals surface area contributed by atoms with Crippen molar-refractivity contribution in [3.8, 4) is 5.75 Å². The maximum atomic E-state index is 12.3. The molecule has 0 radical (unpaired) electrons. The number of carbonyl (C=O) groups is 1. The number of hydrogen-bond donors (Lipinski definition) is 1. The van der Waals surface area contributed by atoms with E-state index in [4.69, 9.17) is 16.3 Å². The van der Waals surface area contributed by atoms with E-state index in [2.05, 4.69) is 5.32 Å². The molecule has 4 heteroatoms. The molecule has 0 saturated carbocycles. The van der Waals surface area contributed by atoms with Crippen LogP contribution in [0.1, 0.15) is 23.6 Å². The molecule has 1 unspecified atom stereocenters. The molecular formula is C18H20ClNO2. The number of nitrogens with one attached hydrogen (secondary N) is 1. The molecule has 0 aliphatic heterocycles. The SMILES string of the molecule is Cc1ccc(OC(C)C(=O)Nc2cccc(Cl)c2C)c(C)c1. The lowest BCUT2D eigenvalue weighted by atomic mass is 10.1. The highest BCUT2D eigenvalue weighted by Gasteiger charge is 2.17. The average molecular weight is 318 g/mol. The second-order valence-corrected chi connectivity index (χ2v) is 5.84. The highest BCUT2D eigenvalue weighted by atomic mass is 35.5. The molecule has 1 atom stereocenters. The molecule has 0 aromatic heterocycles. The first kappa shape index (κ1) is 16.4. The van der Waals surface area contributed by atoms with Crippen molar-refractivity contribution in [2.24, 2.45) is 0 Å². The van der Waals surface area contributed by atoms with E-state index in [-0.39, 0.29) is 5.91 Å². The lowest BCUT2D eigenvalue weighted by Crippen LogP contribution is -2.30. The van der Waals surface area contributed by atoms with Crippen molar-refractivity contribution in [3.05, 3.63) is 58.1 Å². The summed E-state index contributed by atoms with van der Waals surface area (Å²) in [5, 5.41) is 3.48. The monoisotopic (exact) mass is 317 g/mol. The normalized spacial score (nSPS) is 11.9. The number of aryl methyl sites for hydroxylation is 2. The minimum absolute atomic E-state index is 0.203. The lowest BCUT2D eigenvalue weighted by Gasteiger charge is -2.17. The summed E-state index contributed by atoms with van der Waals surface area (Å²) >= 11 is 6.06. The van der Waals surface area contributed by atoms with E-state index in [1.54, 1.807) is 19.1 Å². The molecule has 2 aromatic carbocycles. The quantitative estimate of drug-likeness (QED) is 0.889. The Morgan fingerprint density at radius 1 is 1.18 bits per heavy atom. The van der Waals surface area contributed by atoms with Crippen molar-refractivity contribution in [1.29, 1.82) is 0 Å². The van der Waals surface area contributed by atoms with Crippen molar-refractivity contribution < 1.29 is 9.53 Å². The summed E-state index contributed by atoms with van der Waals surface area (Å²) < 4.78 is 5.76. The zero-order valence-electron chi connectivity index (χ0n) is 13.2. The summed E-state index contributed by atoms with van der Waals surface area (Å²) in [6.07, 6.45) is -0.597. The van der Waals surface area contributed by atoms with Crippen molar-refractivity contribution in [3.63, 3.8) is 0 Å². The summed E-state index contributed by atoms with van der Waals surface area (Å²) in [4.78, 5) is 12.3. The third-order valence-corrected chi connectivity index (χ3v) is 3.94. The molecule has 2 rings (SSSR count). The molecule has 0 aliphatic rings. The van der Waals surface area contributed by atoms with Crippen LogP contribution < -0.4 is 10.1 Å². The van der Waals surface area contributed by atoms with E-state index in [0.29, 0.717) is 10.7 Å². The zero-order valence-corrected chi connectivity index (χ0v) is 14.0. The smallest absolute Gasteiger partial charge is 0.265 e. The standard InChI is InChI=1S/C18H20ClNO2/c1-11-8-9-17(12(2)10-11)22-14(4)18(21)20-16-7-5-6-15(19)13(16)3/h5-10,14H,1-4H3,(H,20,21). The van der Waals surface area contributed by atoms with E-state index in [0.717, 1.165) is 22.4 Å². The number of ether oxygens (including phenoxy) is 1. The minimum Gasteiger partial charge on any atom is -0.481 e.